The van der Waals surface area contributed by atoms with Gasteiger partial charge in [0.2, 0.25) is 0 Å². The maximum atomic E-state index is 12.1. The van der Waals surface area contributed by atoms with Crippen LogP contribution in [-0.2, 0) is 11.3 Å². The molecule has 124 valence electrons. The van der Waals surface area contributed by atoms with Gasteiger partial charge in [-0.2, -0.15) is 0 Å². The summed E-state index contributed by atoms with van der Waals surface area (Å²) in [6, 6.07) is 3.58. The zero-order valence-electron chi connectivity index (χ0n) is 13.1. The highest BCUT2D eigenvalue weighted by atomic mass is 32.1. The number of ether oxygens (including phenoxy) is 1. The van der Waals surface area contributed by atoms with E-state index in [1.807, 2.05) is 17.5 Å². The molecule has 0 unspecified atom stereocenters. The van der Waals surface area contributed by atoms with Crippen molar-refractivity contribution >= 4 is 17.4 Å². The lowest BCUT2D eigenvalue weighted by atomic mass is 10.1. The molecule has 1 aliphatic heterocycles. The summed E-state index contributed by atoms with van der Waals surface area (Å²) in [7, 11) is 0. The smallest absolute Gasteiger partial charge is 0.315 e. The monoisotopic (exact) mass is 335 g/mol. The molecule has 1 aliphatic rings. The number of urea groups is 1. The fourth-order valence-corrected chi connectivity index (χ4v) is 3.46. The highest BCUT2D eigenvalue weighted by Gasteiger charge is 2.25. The first-order chi connectivity index (χ1) is 11.3. The third-order valence-corrected chi connectivity index (χ3v) is 4.79. The van der Waals surface area contributed by atoms with Crippen LogP contribution in [0.3, 0.4) is 0 Å². The summed E-state index contributed by atoms with van der Waals surface area (Å²) in [5.41, 5.74) is 0.821. The Morgan fingerprint density at radius 2 is 2.48 bits per heavy atom. The molecular weight excluding hydrogens is 314 g/mol. The van der Waals surface area contributed by atoms with E-state index in [9.17, 15) is 4.79 Å². The van der Waals surface area contributed by atoms with E-state index in [1.54, 1.807) is 6.26 Å². The predicted octanol–water partition coefficient (Wildman–Crippen LogP) is 3.16. The van der Waals surface area contributed by atoms with Crippen molar-refractivity contribution in [2.45, 2.75) is 44.9 Å². The van der Waals surface area contributed by atoms with Gasteiger partial charge in [0.15, 0.2) is 10.8 Å². The van der Waals surface area contributed by atoms with Crippen LogP contribution in [0, 0.1) is 0 Å². The van der Waals surface area contributed by atoms with Gasteiger partial charge in [0, 0.05) is 12.0 Å². The first-order valence-electron chi connectivity index (χ1n) is 7.90. The number of nitrogens with zero attached hydrogens (tertiary/aromatic N) is 1. The zero-order valence-corrected chi connectivity index (χ0v) is 13.9. The summed E-state index contributed by atoms with van der Waals surface area (Å²) in [5, 5.41) is 8.59. The van der Waals surface area contributed by atoms with E-state index in [2.05, 4.69) is 22.5 Å². The third-order valence-electron chi connectivity index (χ3n) is 3.88. The normalized spacial score (nSPS) is 18.7. The number of rotatable bonds is 6. The van der Waals surface area contributed by atoms with Crippen molar-refractivity contribution in [3.05, 3.63) is 29.5 Å². The molecule has 2 N–H and O–H groups in total. The Labute approximate surface area is 139 Å². The largest absolute Gasteiger partial charge is 0.462 e. The second kappa shape index (κ2) is 7.61. The van der Waals surface area contributed by atoms with E-state index >= 15 is 0 Å². The Kier molecular flexibility index (Phi) is 5.30. The molecular formula is C16H21N3O3S. The van der Waals surface area contributed by atoms with Crippen LogP contribution in [0.5, 0.6) is 0 Å². The zero-order chi connectivity index (χ0) is 16.1. The molecule has 3 rings (SSSR count). The molecule has 0 spiro atoms. The number of nitrogens with one attached hydrogen (secondary N) is 2. The van der Waals surface area contributed by atoms with Gasteiger partial charge in [0.1, 0.15) is 0 Å². The predicted molar refractivity (Wildman–Crippen MR) is 88.2 cm³/mol. The highest BCUT2D eigenvalue weighted by Crippen LogP contribution is 2.23. The van der Waals surface area contributed by atoms with Crippen molar-refractivity contribution in [3.63, 3.8) is 0 Å². The fourth-order valence-electron chi connectivity index (χ4n) is 2.67. The molecule has 7 heteroatoms. The van der Waals surface area contributed by atoms with Crippen LogP contribution in [0.4, 0.5) is 4.79 Å². The van der Waals surface area contributed by atoms with Gasteiger partial charge in [-0.05, 0) is 31.4 Å². The Bertz CT molecular complexity index is 620. The Morgan fingerprint density at radius 1 is 1.57 bits per heavy atom. The molecule has 1 fully saturated rings. The van der Waals surface area contributed by atoms with Gasteiger partial charge >= 0.3 is 6.03 Å². The van der Waals surface area contributed by atoms with E-state index in [4.69, 9.17) is 9.15 Å². The van der Waals surface area contributed by atoms with Crippen molar-refractivity contribution < 1.29 is 13.9 Å². The van der Waals surface area contributed by atoms with Crippen LogP contribution in [0.25, 0.3) is 10.8 Å². The molecule has 6 nitrogen and oxygen atoms in total. The molecule has 2 aromatic rings. The number of carbonyl (C=O) groups excluding carboxylic acids is 1. The molecule has 0 radical (unpaired) electrons. The van der Waals surface area contributed by atoms with E-state index in [1.165, 1.54) is 11.3 Å². The number of hydrogen-bond acceptors (Lipinski definition) is 5. The maximum absolute atomic E-state index is 12.1. The van der Waals surface area contributed by atoms with Gasteiger partial charge in [0.25, 0.3) is 0 Å². The fraction of sp³-hybridized carbons (Fsp3) is 0.500. The number of thiazole rings is 1. The lowest BCUT2D eigenvalue weighted by Gasteiger charge is -2.22. The summed E-state index contributed by atoms with van der Waals surface area (Å²) in [5.74, 6) is 0.745. The van der Waals surface area contributed by atoms with E-state index < -0.39 is 0 Å². The molecule has 3 heterocycles. The lowest BCUT2D eigenvalue weighted by Crippen LogP contribution is -2.47. The Hall–Kier alpha value is -1.86. The molecule has 23 heavy (non-hydrogen) atoms. The Morgan fingerprint density at radius 3 is 3.17 bits per heavy atom. The van der Waals surface area contributed by atoms with Crippen LogP contribution >= 0.6 is 11.3 Å². The van der Waals surface area contributed by atoms with Crippen molar-refractivity contribution in [2.75, 3.05) is 6.61 Å². The van der Waals surface area contributed by atoms with Crippen LogP contribution in [-0.4, -0.2) is 29.8 Å². The highest BCUT2D eigenvalue weighted by molar-refractivity contribution is 7.13. The second-order valence-corrected chi connectivity index (χ2v) is 6.37. The maximum Gasteiger partial charge on any atom is 0.315 e. The minimum absolute atomic E-state index is 0.0617. The molecule has 2 amide bonds. The van der Waals surface area contributed by atoms with Gasteiger partial charge in [-0.1, -0.05) is 6.92 Å². The van der Waals surface area contributed by atoms with Crippen molar-refractivity contribution in [1.29, 1.82) is 0 Å². The molecule has 1 saturated heterocycles. The summed E-state index contributed by atoms with van der Waals surface area (Å²) >= 11 is 1.50. The first kappa shape index (κ1) is 16.0. The number of furan rings is 1. The minimum atomic E-state index is -0.181. The molecule has 0 saturated carbocycles. The average Bonchev–Trinajstić information content (AvgIpc) is 3.32. The van der Waals surface area contributed by atoms with Gasteiger partial charge in [-0.25, -0.2) is 9.78 Å². The average molecular weight is 335 g/mol. The van der Waals surface area contributed by atoms with Crippen LogP contribution in [0.2, 0.25) is 0 Å². The first-order valence-corrected chi connectivity index (χ1v) is 8.78. The Balaban J connectivity index is 1.48. The molecule has 0 aromatic carbocycles. The molecule has 0 bridgehead atoms. The summed E-state index contributed by atoms with van der Waals surface area (Å²) < 4.78 is 11.0. The molecule has 0 aliphatic carbocycles. The SMILES string of the molecule is CC[C@H](NC(=O)NCc1csc(-c2ccco2)n1)[C@H]1CCCO1. The minimum Gasteiger partial charge on any atom is -0.462 e. The molecule has 2 aromatic heterocycles. The van der Waals surface area contributed by atoms with E-state index in [0.717, 1.165) is 42.3 Å². The lowest BCUT2D eigenvalue weighted by molar-refractivity contribution is 0.0796. The van der Waals surface area contributed by atoms with E-state index in [0.29, 0.717) is 6.54 Å². The standard InChI is InChI=1S/C16H21N3O3S/c1-2-12(13-5-3-7-21-13)19-16(20)17-9-11-10-23-15(18-11)14-6-4-8-22-14/h4,6,8,10,12-13H,2-3,5,7,9H2,1H3,(H2,17,19,20)/t12-,13+/m0/s1. The second-order valence-electron chi connectivity index (χ2n) is 5.51. The number of aromatic nitrogens is 1. The summed E-state index contributed by atoms with van der Waals surface area (Å²) in [4.78, 5) is 16.5. The topological polar surface area (TPSA) is 76.4 Å². The van der Waals surface area contributed by atoms with Gasteiger partial charge in [0.05, 0.1) is 30.6 Å². The number of hydrogen-bond donors (Lipinski definition) is 2. The summed E-state index contributed by atoms with van der Waals surface area (Å²) in [6.45, 7) is 3.24. The molecule has 2 atom stereocenters. The van der Waals surface area contributed by atoms with Gasteiger partial charge in [-0.3, -0.25) is 0 Å². The van der Waals surface area contributed by atoms with Crippen LogP contribution in [0.1, 0.15) is 31.9 Å². The van der Waals surface area contributed by atoms with Crippen molar-refractivity contribution in [1.82, 2.24) is 15.6 Å². The van der Waals surface area contributed by atoms with Gasteiger partial charge in [-0.15, -0.1) is 11.3 Å². The number of carbonyl (C=O) groups is 1. The van der Waals surface area contributed by atoms with Crippen LogP contribution in [0.15, 0.2) is 28.2 Å². The third kappa shape index (κ3) is 4.11. The van der Waals surface area contributed by atoms with E-state index in [-0.39, 0.29) is 18.2 Å². The van der Waals surface area contributed by atoms with Crippen LogP contribution < -0.4 is 10.6 Å². The quantitative estimate of drug-likeness (QED) is 0.850. The van der Waals surface area contributed by atoms with Crippen molar-refractivity contribution in [2.24, 2.45) is 0 Å². The number of amides is 2. The van der Waals surface area contributed by atoms with Crippen molar-refractivity contribution in [3.8, 4) is 10.8 Å². The van der Waals surface area contributed by atoms with Gasteiger partial charge < -0.3 is 19.8 Å². The summed E-state index contributed by atoms with van der Waals surface area (Å²) in [6.07, 6.45) is 4.70.